The zero-order valence-corrected chi connectivity index (χ0v) is 20.6. The maximum Gasteiger partial charge on any atom is 0.411 e. The maximum absolute atomic E-state index is 12.2. The lowest BCUT2D eigenvalue weighted by Gasteiger charge is -2.29. The number of carbonyl (C=O) groups is 1. The lowest BCUT2D eigenvalue weighted by Crippen LogP contribution is -2.36. The van der Waals surface area contributed by atoms with E-state index in [4.69, 9.17) is 9.47 Å². The molecule has 2 fully saturated rings. The Morgan fingerprint density at radius 2 is 1.83 bits per heavy atom. The standard InChI is InChI=1S/C28H32N4O3/c1-18(2)32-26-16-23(31-12-14-34-15-13-31)10-11-24(26)25(17-29)27(32)21-6-8-22(9-7-21)30-28(33)35-19(3)20-4-5-20/h6-11,16,18-20H,4-5,12-15H2,1-3H3,(H,30,33)/t19-/m1/s1. The van der Waals surface area contributed by atoms with E-state index in [1.807, 2.05) is 31.2 Å². The molecule has 1 N–H and O–H groups in total. The molecule has 3 aromatic rings. The minimum Gasteiger partial charge on any atom is -0.446 e. The van der Waals surface area contributed by atoms with Gasteiger partial charge in [-0.15, -0.1) is 0 Å². The van der Waals surface area contributed by atoms with Gasteiger partial charge in [-0.2, -0.15) is 5.26 Å². The van der Waals surface area contributed by atoms with Crippen molar-refractivity contribution in [2.75, 3.05) is 36.5 Å². The first-order valence-corrected chi connectivity index (χ1v) is 12.4. The summed E-state index contributed by atoms with van der Waals surface area (Å²) in [7, 11) is 0. The molecule has 0 unspecified atom stereocenters. The Labute approximate surface area is 206 Å². The number of anilines is 2. The highest BCUT2D eigenvalue weighted by Crippen LogP contribution is 2.38. The third-order valence-corrected chi connectivity index (χ3v) is 6.98. The molecule has 1 aromatic heterocycles. The van der Waals surface area contributed by atoms with Gasteiger partial charge in [-0.3, -0.25) is 5.32 Å². The molecule has 7 nitrogen and oxygen atoms in total. The van der Waals surface area contributed by atoms with Crippen LogP contribution in [-0.2, 0) is 9.47 Å². The van der Waals surface area contributed by atoms with Crippen LogP contribution in [0.3, 0.4) is 0 Å². The molecule has 182 valence electrons. The van der Waals surface area contributed by atoms with Crippen molar-refractivity contribution in [1.29, 1.82) is 5.26 Å². The molecule has 35 heavy (non-hydrogen) atoms. The van der Waals surface area contributed by atoms with Gasteiger partial charge in [-0.05, 0) is 75.4 Å². The maximum atomic E-state index is 12.2. The fraction of sp³-hybridized carbons (Fsp3) is 0.429. The smallest absolute Gasteiger partial charge is 0.411 e. The number of hydrogen-bond acceptors (Lipinski definition) is 5. The number of carbonyl (C=O) groups excluding carboxylic acids is 1. The fourth-order valence-corrected chi connectivity index (χ4v) is 4.94. The van der Waals surface area contributed by atoms with Crippen molar-refractivity contribution < 1.29 is 14.3 Å². The van der Waals surface area contributed by atoms with Gasteiger partial charge in [0.1, 0.15) is 12.2 Å². The monoisotopic (exact) mass is 472 g/mol. The Kier molecular flexibility index (Phi) is 6.40. The van der Waals surface area contributed by atoms with E-state index in [0.29, 0.717) is 17.2 Å². The minimum atomic E-state index is -0.429. The molecule has 7 heteroatoms. The average Bonchev–Trinajstić information content (AvgIpc) is 3.66. The van der Waals surface area contributed by atoms with E-state index in [1.54, 1.807) is 0 Å². The summed E-state index contributed by atoms with van der Waals surface area (Å²) in [5, 5.41) is 13.9. The van der Waals surface area contributed by atoms with Gasteiger partial charge in [0.05, 0.1) is 30.0 Å². The van der Waals surface area contributed by atoms with Crippen molar-refractivity contribution in [2.45, 2.75) is 45.8 Å². The highest BCUT2D eigenvalue weighted by atomic mass is 16.6. The van der Waals surface area contributed by atoms with Gasteiger partial charge >= 0.3 is 6.09 Å². The number of morpholine rings is 1. The molecule has 0 bridgehead atoms. The lowest BCUT2D eigenvalue weighted by atomic mass is 10.1. The molecule has 0 radical (unpaired) electrons. The number of benzene rings is 2. The second kappa shape index (κ2) is 9.63. The summed E-state index contributed by atoms with van der Waals surface area (Å²) in [5.74, 6) is 0.495. The number of nitriles is 1. The molecule has 5 rings (SSSR count). The molecule has 1 saturated heterocycles. The van der Waals surface area contributed by atoms with Gasteiger partial charge in [0.2, 0.25) is 0 Å². The first-order valence-electron chi connectivity index (χ1n) is 12.4. The molecule has 0 spiro atoms. The van der Waals surface area contributed by atoms with E-state index >= 15 is 0 Å². The third kappa shape index (κ3) is 4.71. The van der Waals surface area contributed by atoms with Gasteiger partial charge in [-0.25, -0.2) is 4.79 Å². The largest absolute Gasteiger partial charge is 0.446 e. The zero-order chi connectivity index (χ0) is 24.5. The Morgan fingerprint density at radius 1 is 1.11 bits per heavy atom. The summed E-state index contributed by atoms with van der Waals surface area (Å²) < 4.78 is 13.2. The van der Waals surface area contributed by atoms with Crippen LogP contribution in [0.2, 0.25) is 0 Å². The van der Waals surface area contributed by atoms with Crippen LogP contribution in [0.1, 0.15) is 45.2 Å². The summed E-state index contributed by atoms with van der Waals surface area (Å²) in [6.07, 6.45) is 1.77. The number of fused-ring (bicyclic) bond motifs is 1. The Morgan fingerprint density at radius 3 is 2.46 bits per heavy atom. The van der Waals surface area contributed by atoms with Gasteiger partial charge in [0.25, 0.3) is 0 Å². The van der Waals surface area contributed by atoms with Crippen molar-refractivity contribution in [3.8, 4) is 17.3 Å². The van der Waals surface area contributed by atoms with Crippen LogP contribution in [0.15, 0.2) is 42.5 Å². The van der Waals surface area contributed by atoms with Crippen molar-refractivity contribution in [1.82, 2.24) is 4.57 Å². The molecule has 1 aliphatic heterocycles. The van der Waals surface area contributed by atoms with Crippen molar-refractivity contribution >= 4 is 28.4 Å². The number of amides is 1. The predicted octanol–water partition coefficient (Wildman–Crippen LogP) is 5.94. The van der Waals surface area contributed by atoms with Gasteiger partial charge in [-0.1, -0.05) is 12.1 Å². The number of aromatic nitrogens is 1. The van der Waals surface area contributed by atoms with Crippen molar-refractivity contribution in [2.24, 2.45) is 5.92 Å². The quantitative estimate of drug-likeness (QED) is 0.480. The number of nitrogens with one attached hydrogen (secondary N) is 1. The van der Waals surface area contributed by atoms with Crippen LogP contribution in [0, 0.1) is 17.2 Å². The topological polar surface area (TPSA) is 79.5 Å². The van der Waals surface area contributed by atoms with Crippen LogP contribution in [0.25, 0.3) is 22.2 Å². The van der Waals surface area contributed by atoms with E-state index < -0.39 is 6.09 Å². The van der Waals surface area contributed by atoms with E-state index in [-0.39, 0.29) is 12.1 Å². The second-order valence-corrected chi connectivity index (χ2v) is 9.75. The Bertz CT molecular complexity index is 1260. The van der Waals surface area contributed by atoms with Crippen LogP contribution in [-0.4, -0.2) is 43.1 Å². The molecule has 2 aliphatic rings. The summed E-state index contributed by atoms with van der Waals surface area (Å²) in [5.41, 5.74) is 5.37. The summed E-state index contributed by atoms with van der Waals surface area (Å²) >= 11 is 0. The average molecular weight is 473 g/mol. The van der Waals surface area contributed by atoms with E-state index in [2.05, 4.69) is 52.9 Å². The number of hydrogen-bond donors (Lipinski definition) is 1. The second-order valence-electron chi connectivity index (χ2n) is 9.75. The molecule has 1 aliphatic carbocycles. The van der Waals surface area contributed by atoms with Crippen LogP contribution >= 0.6 is 0 Å². The first-order chi connectivity index (χ1) is 17.0. The van der Waals surface area contributed by atoms with E-state index in [9.17, 15) is 10.1 Å². The summed E-state index contributed by atoms with van der Waals surface area (Å²) in [4.78, 5) is 14.6. The van der Waals surface area contributed by atoms with Crippen molar-refractivity contribution in [3.63, 3.8) is 0 Å². The first kappa shape index (κ1) is 23.3. The predicted molar refractivity (Wildman–Crippen MR) is 138 cm³/mol. The number of rotatable bonds is 6. The molecule has 1 amide bonds. The molecular formula is C28H32N4O3. The highest BCUT2D eigenvalue weighted by molar-refractivity contribution is 5.96. The summed E-state index contributed by atoms with van der Waals surface area (Å²) in [6, 6.07) is 16.6. The number of ether oxygens (including phenoxy) is 2. The fourth-order valence-electron chi connectivity index (χ4n) is 4.94. The zero-order valence-electron chi connectivity index (χ0n) is 20.6. The Balaban J connectivity index is 1.47. The van der Waals surface area contributed by atoms with Gasteiger partial charge in [0.15, 0.2) is 0 Å². The molecule has 1 atom stereocenters. The molecule has 2 aromatic carbocycles. The third-order valence-electron chi connectivity index (χ3n) is 6.98. The summed E-state index contributed by atoms with van der Waals surface area (Å²) in [6.45, 7) is 9.40. The SMILES string of the molecule is CC(C)n1c(-c2ccc(NC(=O)O[C@H](C)C3CC3)cc2)c(C#N)c2ccc(N3CCOCC3)cc21. The van der Waals surface area contributed by atoms with Crippen molar-refractivity contribution in [3.05, 3.63) is 48.0 Å². The van der Waals surface area contributed by atoms with Gasteiger partial charge in [0, 0.05) is 35.9 Å². The van der Waals surface area contributed by atoms with Crippen LogP contribution in [0.5, 0.6) is 0 Å². The minimum absolute atomic E-state index is 0.0587. The normalized spacial score (nSPS) is 16.8. The lowest BCUT2D eigenvalue weighted by molar-refractivity contribution is 0.108. The van der Waals surface area contributed by atoms with Crippen LogP contribution < -0.4 is 10.2 Å². The molecular weight excluding hydrogens is 440 g/mol. The van der Waals surface area contributed by atoms with E-state index in [0.717, 1.165) is 67.0 Å². The van der Waals surface area contributed by atoms with Crippen LogP contribution in [0.4, 0.5) is 16.2 Å². The van der Waals surface area contributed by atoms with E-state index in [1.165, 1.54) is 0 Å². The highest BCUT2D eigenvalue weighted by Gasteiger charge is 2.30. The number of nitrogens with zero attached hydrogens (tertiary/aromatic N) is 3. The van der Waals surface area contributed by atoms with Gasteiger partial charge < -0.3 is 18.9 Å². The molecule has 2 heterocycles. The molecule has 1 saturated carbocycles. The Hall–Kier alpha value is -3.50.